The van der Waals surface area contributed by atoms with Crippen LogP contribution in [0.5, 0.6) is 0 Å². The minimum Gasteiger partial charge on any atom is -0.478 e. The molecule has 0 atom stereocenters. The molecule has 1 aliphatic carbocycles. The van der Waals surface area contributed by atoms with Crippen LogP contribution < -0.4 is 5.32 Å². The molecule has 0 saturated carbocycles. The average Bonchev–Trinajstić information content (AvgIpc) is 3.11. The van der Waals surface area contributed by atoms with E-state index in [4.69, 9.17) is 16.3 Å². The molecule has 0 bridgehead atoms. The first-order valence-corrected chi connectivity index (χ1v) is 10.5. The number of aromatic carboxylic acids is 1. The Hall–Kier alpha value is -3.75. The highest BCUT2D eigenvalue weighted by molar-refractivity contribution is 6.33. The number of amides is 1. The Morgan fingerprint density at radius 1 is 0.969 bits per heavy atom. The molecule has 5 nitrogen and oxygen atoms in total. The zero-order valence-corrected chi connectivity index (χ0v) is 17.9. The van der Waals surface area contributed by atoms with E-state index in [2.05, 4.69) is 41.4 Å². The highest BCUT2D eigenvalue weighted by Crippen LogP contribution is 2.44. The van der Waals surface area contributed by atoms with Gasteiger partial charge in [-0.1, -0.05) is 78.0 Å². The summed E-state index contributed by atoms with van der Waals surface area (Å²) < 4.78 is 5.48. The number of carbonyl (C=O) groups excluding carboxylic acids is 1. The van der Waals surface area contributed by atoms with Crippen molar-refractivity contribution < 1.29 is 19.4 Å². The van der Waals surface area contributed by atoms with Crippen molar-refractivity contribution in [2.75, 3.05) is 13.2 Å². The zero-order valence-electron chi connectivity index (χ0n) is 17.1. The monoisotopic (exact) mass is 445 g/mol. The molecule has 0 aromatic heterocycles. The van der Waals surface area contributed by atoms with Crippen molar-refractivity contribution in [3.8, 4) is 23.0 Å². The fourth-order valence-electron chi connectivity index (χ4n) is 3.88. The smallest absolute Gasteiger partial charge is 0.407 e. The third kappa shape index (κ3) is 4.46. The fourth-order valence-corrected chi connectivity index (χ4v) is 4.14. The first-order chi connectivity index (χ1) is 15.6. The van der Waals surface area contributed by atoms with Crippen LogP contribution in [0.3, 0.4) is 0 Å². The van der Waals surface area contributed by atoms with Gasteiger partial charge in [0.15, 0.2) is 0 Å². The maximum absolute atomic E-state index is 12.2. The average molecular weight is 446 g/mol. The lowest BCUT2D eigenvalue weighted by Gasteiger charge is -2.14. The number of alkyl carbamates (subject to hydrolysis) is 1. The van der Waals surface area contributed by atoms with Crippen molar-refractivity contribution in [2.24, 2.45) is 0 Å². The van der Waals surface area contributed by atoms with Crippen LogP contribution in [0.2, 0.25) is 5.02 Å². The molecule has 1 aliphatic rings. The molecule has 0 heterocycles. The standard InChI is InChI=1S/C26H20ClNO4/c27-23-14-7-9-17(24(23)25(29)30)8-5-6-15-28-26(31)32-16-22-20-12-3-1-10-18(20)19-11-2-4-13-21(19)22/h1-4,7,9-14,22H,6,15-16H2,(H,28,31)(H,29,30). The van der Waals surface area contributed by atoms with E-state index in [1.807, 2.05) is 24.3 Å². The lowest BCUT2D eigenvalue weighted by Crippen LogP contribution is -2.26. The van der Waals surface area contributed by atoms with Crippen LogP contribution in [0, 0.1) is 11.8 Å². The van der Waals surface area contributed by atoms with Gasteiger partial charge in [0.05, 0.1) is 10.6 Å². The van der Waals surface area contributed by atoms with E-state index in [0.717, 1.165) is 11.1 Å². The summed E-state index contributed by atoms with van der Waals surface area (Å²) in [4.78, 5) is 23.5. The molecule has 6 heteroatoms. The second-order valence-electron chi connectivity index (χ2n) is 7.27. The molecule has 0 saturated heterocycles. The van der Waals surface area contributed by atoms with E-state index >= 15 is 0 Å². The van der Waals surface area contributed by atoms with E-state index in [-0.39, 0.29) is 29.7 Å². The van der Waals surface area contributed by atoms with Gasteiger partial charge in [0.2, 0.25) is 0 Å². The number of rotatable bonds is 5. The lowest BCUT2D eigenvalue weighted by molar-refractivity contribution is 0.0696. The first kappa shape index (κ1) is 21.5. The number of nitrogens with one attached hydrogen (secondary N) is 1. The number of carboxylic acid groups (broad SMARTS) is 1. The number of hydrogen-bond acceptors (Lipinski definition) is 3. The van der Waals surface area contributed by atoms with Crippen LogP contribution in [0.25, 0.3) is 11.1 Å². The molecule has 0 spiro atoms. The SMILES string of the molecule is O=C(NCCC#Cc1cccc(Cl)c1C(=O)O)OCC1c2ccccc2-c2ccccc21. The van der Waals surface area contributed by atoms with E-state index in [1.165, 1.54) is 17.2 Å². The minimum atomic E-state index is -1.13. The van der Waals surface area contributed by atoms with Gasteiger partial charge in [-0.2, -0.15) is 0 Å². The molecule has 0 radical (unpaired) electrons. The molecule has 3 aromatic carbocycles. The van der Waals surface area contributed by atoms with Gasteiger partial charge in [-0.05, 0) is 34.4 Å². The number of ether oxygens (including phenoxy) is 1. The summed E-state index contributed by atoms with van der Waals surface area (Å²) >= 11 is 5.94. The van der Waals surface area contributed by atoms with Crippen molar-refractivity contribution in [2.45, 2.75) is 12.3 Å². The molecule has 4 rings (SSSR count). The molecular formula is C26H20ClNO4. The van der Waals surface area contributed by atoms with Gasteiger partial charge in [-0.25, -0.2) is 9.59 Å². The zero-order chi connectivity index (χ0) is 22.5. The van der Waals surface area contributed by atoms with Crippen LogP contribution in [0.15, 0.2) is 66.7 Å². The Morgan fingerprint density at radius 2 is 1.62 bits per heavy atom. The summed E-state index contributed by atoms with van der Waals surface area (Å²) in [5.74, 6) is 4.54. The number of fused-ring (bicyclic) bond motifs is 3. The topological polar surface area (TPSA) is 75.6 Å². The Bertz CT molecular complexity index is 1200. The summed E-state index contributed by atoms with van der Waals surface area (Å²) in [6.45, 7) is 0.530. The molecule has 32 heavy (non-hydrogen) atoms. The van der Waals surface area contributed by atoms with Gasteiger partial charge < -0.3 is 15.2 Å². The third-order valence-corrected chi connectivity index (χ3v) is 5.63. The number of benzene rings is 3. The Morgan fingerprint density at radius 3 is 2.28 bits per heavy atom. The van der Waals surface area contributed by atoms with Crippen LogP contribution in [0.1, 0.15) is 39.4 Å². The number of carboxylic acids is 1. The highest BCUT2D eigenvalue weighted by atomic mass is 35.5. The summed E-state index contributed by atoms with van der Waals surface area (Å²) in [6, 6.07) is 21.1. The lowest BCUT2D eigenvalue weighted by atomic mass is 9.98. The van der Waals surface area contributed by atoms with Crippen molar-refractivity contribution >= 4 is 23.7 Å². The van der Waals surface area contributed by atoms with Gasteiger partial charge in [0, 0.05) is 24.4 Å². The van der Waals surface area contributed by atoms with Crippen molar-refractivity contribution in [3.05, 3.63) is 94.0 Å². The maximum atomic E-state index is 12.2. The normalized spacial score (nSPS) is 11.7. The number of halogens is 1. The molecule has 1 amide bonds. The fraction of sp³-hybridized carbons (Fsp3) is 0.154. The number of carbonyl (C=O) groups is 2. The van der Waals surface area contributed by atoms with E-state index in [9.17, 15) is 14.7 Å². The van der Waals surface area contributed by atoms with Crippen LogP contribution in [0.4, 0.5) is 4.79 Å². The Labute approximate surface area is 191 Å². The van der Waals surface area contributed by atoms with Gasteiger partial charge in [0.25, 0.3) is 0 Å². The summed E-state index contributed by atoms with van der Waals surface area (Å²) in [5.41, 5.74) is 4.98. The van der Waals surface area contributed by atoms with Crippen LogP contribution in [-0.4, -0.2) is 30.3 Å². The van der Waals surface area contributed by atoms with Gasteiger partial charge in [-0.3, -0.25) is 0 Å². The predicted octanol–water partition coefficient (Wildman–Crippen LogP) is 5.32. The molecule has 3 aromatic rings. The van der Waals surface area contributed by atoms with Crippen molar-refractivity contribution in [3.63, 3.8) is 0 Å². The van der Waals surface area contributed by atoms with Gasteiger partial charge >= 0.3 is 12.1 Å². The molecule has 2 N–H and O–H groups in total. The number of hydrogen-bond donors (Lipinski definition) is 2. The van der Waals surface area contributed by atoms with E-state index in [1.54, 1.807) is 12.1 Å². The van der Waals surface area contributed by atoms with Crippen molar-refractivity contribution in [1.82, 2.24) is 5.32 Å². The minimum absolute atomic E-state index is 0.00482. The third-order valence-electron chi connectivity index (χ3n) is 5.31. The highest BCUT2D eigenvalue weighted by Gasteiger charge is 2.28. The predicted molar refractivity (Wildman–Crippen MR) is 123 cm³/mol. The quantitative estimate of drug-likeness (QED) is 0.411. The molecule has 0 aliphatic heterocycles. The molecule has 0 unspecified atom stereocenters. The molecule has 160 valence electrons. The van der Waals surface area contributed by atoms with Crippen LogP contribution in [-0.2, 0) is 4.74 Å². The molecule has 0 fully saturated rings. The Balaban J connectivity index is 1.31. The maximum Gasteiger partial charge on any atom is 0.407 e. The van der Waals surface area contributed by atoms with E-state index in [0.29, 0.717) is 12.0 Å². The van der Waals surface area contributed by atoms with Crippen molar-refractivity contribution in [1.29, 1.82) is 0 Å². The summed E-state index contributed by atoms with van der Waals surface area (Å²) in [7, 11) is 0. The second-order valence-corrected chi connectivity index (χ2v) is 7.68. The van der Waals surface area contributed by atoms with Gasteiger partial charge in [0.1, 0.15) is 6.61 Å². The second kappa shape index (κ2) is 9.59. The summed E-state index contributed by atoms with van der Waals surface area (Å²) in [6.07, 6.45) is -0.168. The van der Waals surface area contributed by atoms with E-state index < -0.39 is 12.1 Å². The Kier molecular flexibility index (Phi) is 6.44. The summed E-state index contributed by atoms with van der Waals surface area (Å²) in [5, 5.41) is 12.1. The van der Waals surface area contributed by atoms with Crippen LogP contribution >= 0.6 is 11.6 Å². The molecular weight excluding hydrogens is 426 g/mol. The first-order valence-electron chi connectivity index (χ1n) is 10.2. The van der Waals surface area contributed by atoms with Gasteiger partial charge in [-0.15, -0.1) is 0 Å². The largest absolute Gasteiger partial charge is 0.478 e.